The largest absolute Gasteiger partial charge is 0.440 e. The van der Waals surface area contributed by atoms with E-state index in [4.69, 9.17) is 27.6 Å². The highest BCUT2D eigenvalue weighted by Crippen LogP contribution is 2.42. The first-order valence-corrected chi connectivity index (χ1v) is 14.4. The summed E-state index contributed by atoms with van der Waals surface area (Å²) in [6.07, 6.45) is -2.62. The van der Waals surface area contributed by atoms with Crippen molar-refractivity contribution in [2.24, 2.45) is 0 Å². The second-order valence-electron chi connectivity index (χ2n) is 9.11. The molecule has 0 saturated heterocycles. The van der Waals surface area contributed by atoms with Crippen LogP contribution in [0.3, 0.4) is 0 Å². The molecule has 0 unspecified atom stereocenters. The molecule has 3 aromatic carbocycles. The maximum Gasteiger partial charge on any atom is 0.434 e. The van der Waals surface area contributed by atoms with Crippen LogP contribution in [-0.4, -0.2) is 29.2 Å². The Morgan fingerprint density at radius 1 is 0.900 bits per heavy atom. The lowest BCUT2D eigenvalue weighted by Crippen LogP contribution is -2.05. The molecule has 0 fully saturated rings. The molecule has 0 amide bonds. The Morgan fingerprint density at radius 3 is 2.27 bits per heavy atom. The summed E-state index contributed by atoms with van der Waals surface area (Å²) in [6, 6.07) is 16.3. The van der Waals surface area contributed by atoms with Crippen LogP contribution in [0.15, 0.2) is 76.2 Å². The summed E-state index contributed by atoms with van der Waals surface area (Å²) in [5.41, 5.74) is 1.72. The van der Waals surface area contributed by atoms with Gasteiger partial charge in [0.05, 0.1) is 15.6 Å². The van der Waals surface area contributed by atoms with Crippen molar-refractivity contribution in [3.63, 3.8) is 0 Å². The highest BCUT2D eigenvalue weighted by atomic mass is 35.5. The number of hydrogen-bond donors (Lipinski definition) is 0. The molecule has 0 saturated carbocycles. The molecule has 206 valence electrons. The molecule has 0 radical (unpaired) electrons. The Hall–Kier alpha value is -3.60. The molecule has 5 aromatic rings. The van der Waals surface area contributed by atoms with Gasteiger partial charge in [0.2, 0.25) is 0 Å². The monoisotopic (exact) mass is 605 g/mol. The highest BCUT2D eigenvalue weighted by molar-refractivity contribution is 7.90. The molecule has 0 aliphatic heterocycles. The molecule has 2 heterocycles. The van der Waals surface area contributed by atoms with Crippen molar-refractivity contribution in [3.05, 3.63) is 94.3 Å². The zero-order chi connectivity index (χ0) is 29.0. The van der Waals surface area contributed by atoms with Crippen molar-refractivity contribution in [2.45, 2.75) is 24.9 Å². The SMILES string of the molecule is Cc1nc(-c2ccc(Cl)cc2Cl)c(-c2cc(-c3cccc(S(C)(=O)=O)c3)ccc2-n2cc(C(F)(F)F)nc2C)o1. The van der Waals surface area contributed by atoms with E-state index in [-0.39, 0.29) is 16.5 Å². The predicted molar refractivity (Wildman–Crippen MR) is 148 cm³/mol. The van der Waals surface area contributed by atoms with Gasteiger partial charge in [-0.25, -0.2) is 18.4 Å². The van der Waals surface area contributed by atoms with Gasteiger partial charge in [-0.15, -0.1) is 0 Å². The van der Waals surface area contributed by atoms with Gasteiger partial charge in [0, 0.05) is 35.5 Å². The Balaban J connectivity index is 1.79. The van der Waals surface area contributed by atoms with Gasteiger partial charge in [0.25, 0.3) is 0 Å². The maximum atomic E-state index is 13.5. The average molecular weight is 606 g/mol. The van der Waals surface area contributed by atoms with Crippen LogP contribution in [0, 0.1) is 13.8 Å². The molecule has 0 aliphatic rings. The Labute approximate surface area is 238 Å². The number of imidazole rings is 1. The summed E-state index contributed by atoms with van der Waals surface area (Å²) < 4.78 is 72.3. The van der Waals surface area contributed by atoms with Crippen molar-refractivity contribution >= 4 is 33.0 Å². The third-order valence-corrected chi connectivity index (χ3v) is 7.85. The Bertz CT molecular complexity index is 1880. The van der Waals surface area contributed by atoms with Crippen LogP contribution in [0.1, 0.15) is 17.4 Å². The molecule has 0 N–H and O–H groups in total. The quantitative estimate of drug-likeness (QED) is 0.202. The van der Waals surface area contributed by atoms with Gasteiger partial charge in [-0.1, -0.05) is 41.4 Å². The molecule has 0 aliphatic carbocycles. The minimum atomic E-state index is -4.65. The van der Waals surface area contributed by atoms with Crippen LogP contribution in [0.25, 0.3) is 39.4 Å². The first kappa shape index (κ1) is 27.9. The predicted octanol–water partition coefficient (Wildman–Crippen LogP) is 8.21. The number of rotatable bonds is 5. The van der Waals surface area contributed by atoms with Crippen molar-refractivity contribution in [2.75, 3.05) is 6.26 Å². The van der Waals surface area contributed by atoms with Crippen molar-refractivity contribution in [1.29, 1.82) is 0 Å². The topological polar surface area (TPSA) is 78.0 Å². The minimum absolute atomic E-state index is 0.0997. The molecule has 0 spiro atoms. The van der Waals surface area contributed by atoms with E-state index in [9.17, 15) is 21.6 Å². The van der Waals surface area contributed by atoms with Crippen LogP contribution < -0.4 is 0 Å². The summed E-state index contributed by atoms with van der Waals surface area (Å²) in [6.45, 7) is 3.10. The zero-order valence-electron chi connectivity index (χ0n) is 21.2. The fourth-order valence-electron chi connectivity index (χ4n) is 4.34. The lowest BCUT2D eigenvalue weighted by Gasteiger charge is -2.14. The Morgan fingerprint density at radius 2 is 1.62 bits per heavy atom. The number of oxazole rings is 1. The summed E-state index contributed by atoms with van der Waals surface area (Å²) in [5.74, 6) is 0.645. The van der Waals surface area contributed by atoms with E-state index in [1.54, 1.807) is 55.5 Å². The number of benzene rings is 3. The van der Waals surface area contributed by atoms with E-state index < -0.39 is 21.7 Å². The van der Waals surface area contributed by atoms with E-state index in [0.29, 0.717) is 49.6 Å². The summed E-state index contributed by atoms with van der Waals surface area (Å²) >= 11 is 12.6. The van der Waals surface area contributed by atoms with Gasteiger partial charge in [-0.05, 0) is 60.5 Å². The molecule has 0 atom stereocenters. The van der Waals surface area contributed by atoms with E-state index in [0.717, 1.165) is 12.5 Å². The van der Waals surface area contributed by atoms with Gasteiger partial charge in [-0.2, -0.15) is 13.2 Å². The zero-order valence-corrected chi connectivity index (χ0v) is 23.5. The van der Waals surface area contributed by atoms with Crippen molar-refractivity contribution < 1.29 is 26.0 Å². The number of hydrogen-bond acceptors (Lipinski definition) is 5. The normalized spacial score (nSPS) is 12.2. The van der Waals surface area contributed by atoms with Gasteiger partial charge >= 0.3 is 6.18 Å². The standard InChI is InChI=1S/C28H20Cl2F3N3O3S/c1-15-34-25(28(31,32)33)14-36(15)24-10-7-18(17-5-4-6-20(11-17)40(3,37)38)12-22(24)27-26(35-16(2)39-27)21-9-8-19(29)13-23(21)30/h4-14H,1-3H3. The molecule has 2 aromatic heterocycles. The van der Waals surface area contributed by atoms with E-state index in [2.05, 4.69) is 9.97 Å². The third-order valence-electron chi connectivity index (χ3n) is 6.19. The van der Waals surface area contributed by atoms with Crippen molar-refractivity contribution in [1.82, 2.24) is 14.5 Å². The number of sulfone groups is 1. The molecule has 5 rings (SSSR count). The minimum Gasteiger partial charge on any atom is -0.440 e. The lowest BCUT2D eigenvalue weighted by molar-refractivity contribution is -0.141. The number of aryl methyl sites for hydroxylation is 2. The second-order valence-corrected chi connectivity index (χ2v) is 12.0. The van der Waals surface area contributed by atoms with E-state index >= 15 is 0 Å². The lowest BCUT2D eigenvalue weighted by atomic mass is 9.98. The molecule has 6 nitrogen and oxygen atoms in total. The van der Waals surface area contributed by atoms with Crippen molar-refractivity contribution in [3.8, 4) is 39.4 Å². The number of nitrogens with zero attached hydrogens (tertiary/aromatic N) is 3. The molecule has 40 heavy (non-hydrogen) atoms. The highest BCUT2D eigenvalue weighted by Gasteiger charge is 2.35. The molecule has 0 bridgehead atoms. The van der Waals surface area contributed by atoms with Crippen LogP contribution in [-0.2, 0) is 16.0 Å². The smallest absolute Gasteiger partial charge is 0.434 e. The first-order chi connectivity index (χ1) is 18.7. The number of aromatic nitrogens is 3. The van der Waals surface area contributed by atoms with Crippen LogP contribution >= 0.6 is 23.2 Å². The van der Waals surface area contributed by atoms with Gasteiger partial charge < -0.3 is 8.98 Å². The van der Waals surface area contributed by atoms with Crippen LogP contribution in [0.2, 0.25) is 10.0 Å². The fraction of sp³-hybridized carbons (Fsp3) is 0.143. The molecular weight excluding hydrogens is 586 g/mol. The number of alkyl halides is 3. The summed E-state index contributed by atoms with van der Waals surface area (Å²) in [5, 5.41) is 0.719. The average Bonchev–Trinajstić information content (AvgIpc) is 3.46. The summed E-state index contributed by atoms with van der Waals surface area (Å²) in [4.78, 5) is 8.36. The van der Waals surface area contributed by atoms with Crippen LogP contribution in [0.4, 0.5) is 13.2 Å². The summed E-state index contributed by atoms with van der Waals surface area (Å²) in [7, 11) is -3.48. The maximum absolute atomic E-state index is 13.5. The second kappa shape index (κ2) is 10.1. The third kappa shape index (κ3) is 5.39. The van der Waals surface area contributed by atoms with E-state index in [1.807, 2.05) is 0 Å². The number of halogens is 5. The molecule has 12 heteroatoms. The van der Waals surface area contributed by atoms with E-state index in [1.165, 1.54) is 23.6 Å². The Kier molecular flexibility index (Phi) is 7.06. The molecular formula is C28H20Cl2F3N3O3S. The fourth-order valence-corrected chi connectivity index (χ4v) is 5.51. The van der Waals surface area contributed by atoms with Crippen LogP contribution in [0.5, 0.6) is 0 Å². The first-order valence-electron chi connectivity index (χ1n) is 11.7. The van der Waals surface area contributed by atoms with Gasteiger partial charge in [0.15, 0.2) is 27.2 Å². The van der Waals surface area contributed by atoms with Gasteiger partial charge in [-0.3, -0.25) is 0 Å². The van der Waals surface area contributed by atoms with Gasteiger partial charge in [0.1, 0.15) is 11.5 Å².